The molecule has 11 heteroatoms. The number of hydrogen-bond donors (Lipinski definition) is 0. The Balaban J connectivity index is 1.58. The summed E-state index contributed by atoms with van der Waals surface area (Å²) in [5, 5.41) is 0. The molecule has 0 saturated carbocycles. The zero-order chi connectivity index (χ0) is 24.5. The maximum atomic E-state index is 14.3. The molecule has 178 valence electrons. The first kappa shape index (κ1) is 23.5. The third kappa shape index (κ3) is 4.82. The highest BCUT2D eigenvalue weighted by atomic mass is 19.4. The van der Waals surface area contributed by atoms with Gasteiger partial charge in [-0.25, -0.2) is 19.3 Å². The lowest BCUT2D eigenvalue weighted by molar-refractivity contribution is -0.138. The molecule has 2 atom stereocenters. The second-order valence-corrected chi connectivity index (χ2v) is 8.03. The van der Waals surface area contributed by atoms with Crippen LogP contribution in [0.1, 0.15) is 41.4 Å². The van der Waals surface area contributed by atoms with Crippen molar-refractivity contribution in [3.8, 4) is 17.3 Å². The van der Waals surface area contributed by atoms with E-state index in [1.54, 1.807) is 42.5 Å². The molecule has 1 fully saturated rings. The first-order valence-electron chi connectivity index (χ1n) is 10.6. The molecule has 1 saturated heterocycles. The lowest BCUT2D eigenvalue weighted by Crippen LogP contribution is -2.51. The largest absolute Gasteiger partial charge is 0.470 e. The fourth-order valence-corrected chi connectivity index (χ4v) is 3.85. The number of hydrogen-bond acceptors (Lipinski definition) is 6. The number of amides is 1. The van der Waals surface area contributed by atoms with E-state index >= 15 is 0 Å². The van der Waals surface area contributed by atoms with Gasteiger partial charge in [-0.05, 0) is 50.5 Å². The molecule has 3 aromatic rings. The molecule has 1 amide bonds. The van der Waals surface area contributed by atoms with Crippen molar-refractivity contribution < 1.29 is 27.1 Å². The average molecular weight is 475 g/mol. The molecule has 4 rings (SSSR count). The number of aryl methyl sites for hydroxylation is 1. The van der Waals surface area contributed by atoms with Gasteiger partial charge in [-0.1, -0.05) is 0 Å². The number of carbonyl (C=O) groups is 1. The Hall–Kier alpha value is -3.63. The van der Waals surface area contributed by atoms with Gasteiger partial charge < -0.3 is 9.64 Å². The molecule has 1 aliphatic rings. The second kappa shape index (κ2) is 9.32. The van der Waals surface area contributed by atoms with Gasteiger partial charge in [0, 0.05) is 31.3 Å². The SMILES string of the molecule is Cc1cnc(C(=O)N2CCC[C@@H](Oc3ncc(C(F)(F)F)cc3F)[C@@H]2C)c(-c2ncccn2)c1. The van der Waals surface area contributed by atoms with E-state index in [1.165, 1.54) is 0 Å². The van der Waals surface area contributed by atoms with Crippen LogP contribution in [-0.4, -0.2) is 49.4 Å². The molecule has 1 aliphatic heterocycles. The van der Waals surface area contributed by atoms with Gasteiger partial charge in [-0.2, -0.15) is 13.2 Å². The van der Waals surface area contributed by atoms with E-state index in [0.717, 1.165) is 5.56 Å². The smallest absolute Gasteiger partial charge is 0.417 e. The number of nitrogens with zero attached hydrogens (tertiary/aromatic N) is 5. The summed E-state index contributed by atoms with van der Waals surface area (Å²) in [4.78, 5) is 31.3. The van der Waals surface area contributed by atoms with Crippen molar-refractivity contribution in [2.45, 2.75) is 45.0 Å². The maximum Gasteiger partial charge on any atom is 0.417 e. The molecule has 0 aliphatic carbocycles. The monoisotopic (exact) mass is 475 g/mol. The van der Waals surface area contributed by atoms with E-state index < -0.39 is 35.6 Å². The van der Waals surface area contributed by atoms with Crippen molar-refractivity contribution in [2.75, 3.05) is 6.54 Å². The zero-order valence-electron chi connectivity index (χ0n) is 18.4. The van der Waals surface area contributed by atoms with Crippen molar-refractivity contribution in [1.29, 1.82) is 0 Å². The van der Waals surface area contributed by atoms with E-state index in [0.29, 0.717) is 43.0 Å². The molecule has 0 bridgehead atoms. The molecule has 3 aromatic heterocycles. The van der Waals surface area contributed by atoms with Gasteiger partial charge in [0.15, 0.2) is 11.6 Å². The first-order valence-corrected chi connectivity index (χ1v) is 10.6. The Morgan fingerprint density at radius 3 is 2.53 bits per heavy atom. The van der Waals surface area contributed by atoms with Crippen LogP contribution < -0.4 is 4.74 Å². The number of halogens is 4. The Labute approximate surface area is 192 Å². The molecule has 0 aromatic carbocycles. The van der Waals surface area contributed by atoms with Crippen LogP contribution in [0.4, 0.5) is 17.6 Å². The van der Waals surface area contributed by atoms with Crippen LogP contribution in [0.15, 0.2) is 43.0 Å². The van der Waals surface area contributed by atoms with Crippen LogP contribution in [0, 0.1) is 12.7 Å². The summed E-state index contributed by atoms with van der Waals surface area (Å²) in [5.41, 5.74) is 0.280. The number of ether oxygens (including phenoxy) is 1. The normalized spacial score (nSPS) is 18.6. The molecule has 0 radical (unpaired) electrons. The number of rotatable bonds is 4. The Morgan fingerprint density at radius 1 is 1.12 bits per heavy atom. The number of likely N-dealkylation sites (tertiary alicyclic amines) is 1. The summed E-state index contributed by atoms with van der Waals surface area (Å²) in [6, 6.07) is 3.27. The highest BCUT2D eigenvalue weighted by Gasteiger charge is 2.36. The van der Waals surface area contributed by atoms with Gasteiger partial charge >= 0.3 is 6.18 Å². The molecule has 0 spiro atoms. The van der Waals surface area contributed by atoms with Crippen LogP contribution in [0.5, 0.6) is 5.88 Å². The molecule has 0 unspecified atom stereocenters. The number of pyridine rings is 2. The summed E-state index contributed by atoms with van der Waals surface area (Å²) in [6.07, 6.45) is 0.874. The van der Waals surface area contributed by atoms with Crippen LogP contribution in [-0.2, 0) is 6.18 Å². The Kier molecular flexibility index (Phi) is 6.45. The van der Waals surface area contributed by atoms with E-state index in [4.69, 9.17) is 4.74 Å². The van der Waals surface area contributed by atoms with Crippen LogP contribution in [0.3, 0.4) is 0 Å². The minimum absolute atomic E-state index is 0.170. The van der Waals surface area contributed by atoms with Gasteiger partial charge in [-0.3, -0.25) is 9.78 Å². The second-order valence-electron chi connectivity index (χ2n) is 8.03. The summed E-state index contributed by atoms with van der Waals surface area (Å²) in [7, 11) is 0. The molecular weight excluding hydrogens is 454 g/mol. The van der Waals surface area contributed by atoms with Crippen molar-refractivity contribution in [3.05, 3.63) is 65.6 Å². The molecule has 7 nitrogen and oxygen atoms in total. The number of alkyl halides is 3. The van der Waals surface area contributed by atoms with Crippen LogP contribution in [0.25, 0.3) is 11.4 Å². The van der Waals surface area contributed by atoms with Gasteiger partial charge in [-0.15, -0.1) is 0 Å². The molecule has 34 heavy (non-hydrogen) atoms. The zero-order valence-corrected chi connectivity index (χ0v) is 18.4. The molecule has 4 heterocycles. The lowest BCUT2D eigenvalue weighted by Gasteiger charge is -2.39. The number of piperidine rings is 1. The summed E-state index contributed by atoms with van der Waals surface area (Å²) in [5.74, 6) is -1.76. The highest BCUT2D eigenvalue weighted by molar-refractivity contribution is 5.98. The summed E-state index contributed by atoms with van der Waals surface area (Å²) < 4.78 is 58.3. The van der Waals surface area contributed by atoms with Crippen LogP contribution >= 0.6 is 0 Å². The van der Waals surface area contributed by atoms with Gasteiger partial charge in [0.1, 0.15) is 11.8 Å². The summed E-state index contributed by atoms with van der Waals surface area (Å²) >= 11 is 0. The van der Waals surface area contributed by atoms with Gasteiger partial charge in [0.05, 0.1) is 17.2 Å². The molecule has 0 N–H and O–H groups in total. The minimum Gasteiger partial charge on any atom is -0.470 e. The minimum atomic E-state index is -4.71. The highest BCUT2D eigenvalue weighted by Crippen LogP contribution is 2.32. The van der Waals surface area contributed by atoms with Gasteiger partial charge in [0.2, 0.25) is 0 Å². The van der Waals surface area contributed by atoms with Gasteiger partial charge in [0.25, 0.3) is 11.8 Å². The van der Waals surface area contributed by atoms with E-state index in [1.807, 2.05) is 6.92 Å². The third-order valence-corrected chi connectivity index (χ3v) is 5.61. The topological polar surface area (TPSA) is 81.1 Å². The predicted octanol–water partition coefficient (Wildman–Crippen LogP) is 4.47. The van der Waals surface area contributed by atoms with Crippen molar-refractivity contribution in [3.63, 3.8) is 0 Å². The van der Waals surface area contributed by atoms with E-state index in [2.05, 4.69) is 19.9 Å². The average Bonchev–Trinajstić information content (AvgIpc) is 2.81. The van der Waals surface area contributed by atoms with E-state index in [9.17, 15) is 22.4 Å². The van der Waals surface area contributed by atoms with Crippen molar-refractivity contribution >= 4 is 5.91 Å². The number of aromatic nitrogens is 4. The quantitative estimate of drug-likeness (QED) is 0.518. The predicted molar refractivity (Wildman–Crippen MR) is 113 cm³/mol. The fourth-order valence-electron chi connectivity index (χ4n) is 3.85. The first-order chi connectivity index (χ1) is 16.1. The Morgan fingerprint density at radius 2 is 1.85 bits per heavy atom. The summed E-state index contributed by atoms with van der Waals surface area (Å²) in [6.45, 7) is 3.98. The lowest BCUT2D eigenvalue weighted by atomic mass is 9.98. The standard InChI is InChI=1S/C23H21F4N5O2/c1-13-9-16(20-28-6-4-7-29-20)19(30-11-13)22(33)32-8-3-5-18(14(32)2)34-21-17(24)10-15(12-31-21)23(25,26)27/h4,6-7,9-12,14,18H,3,5,8H2,1-2H3/t14-,18+/m0/s1. The number of carbonyl (C=O) groups excluding carboxylic acids is 1. The fraction of sp³-hybridized carbons (Fsp3) is 0.348. The maximum absolute atomic E-state index is 14.3. The van der Waals surface area contributed by atoms with Crippen LogP contribution in [0.2, 0.25) is 0 Å². The molecular formula is C23H21F4N5O2. The third-order valence-electron chi connectivity index (χ3n) is 5.61. The van der Waals surface area contributed by atoms with Crippen molar-refractivity contribution in [2.24, 2.45) is 0 Å². The Bertz CT molecular complexity index is 1190. The van der Waals surface area contributed by atoms with E-state index in [-0.39, 0.29) is 11.6 Å². The van der Waals surface area contributed by atoms with Crippen molar-refractivity contribution in [1.82, 2.24) is 24.8 Å².